The lowest BCUT2D eigenvalue weighted by atomic mass is 9.91. The van der Waals surface area contributed by atoms with Crippen LogP contribution in [0.5, 0.6) is 6.01 Å². The summed E-state index contributed by atoms with van der Waals surface area (Å²) in [5, 5.41) is 0. The predicted octanol–water partition coefficient (Wildman–Crippen LogP) is 3.81. The number of anilines is 2. The summed E-state index contributed by atoms with van der Waals surface area (Å²) >= 11 is 0. The maximum Gasteiger partial charge on any atom is 0.320 e. The standard InChI is InChI=1S/C24H39N5O2/c1-2-3-15-31-24-26-22(25)20-16-21(30)29(23(20)27-24)12-6-9-18-10-13-28(14-11-18)17-19-7-4-5-8-19/h18-19H,2-17H2,1H3,(H2,25,26,27). The van der Waals surface area contributed by atoms with E-state index in [2.05, 4.69) is 21.8 Å². The van der Waals surface area contributed by atoms with Gasteiger partial charge in [-0.15, -0.1) is 0 Å². The van der Waals surface area contributed by atoms with Crippen LogP contribution in [-0.4, -0.2) is 53.6 Å². The molecule has 1 aromatic heterocycles. The van der Waals surface area contributed by atoms with E-state index in [4.69, 9.17) is 10.5 Å². The minimum Gasteiger partial charge on any atom is -0.463 e. The molecule has 3 heterocycles. The fourth-order valence-electron chi connectivity index (χ4n) is 5.38. The van der Waals surface area contributed by atoms with Gasteiger partial charge in [-0.3, -0.25) is 9.69 Å². The number of nitrogens with two attached hydrogens (primary N) is 1. The highest BCUT2D eigenvalue weighted by molar-refractivity contribution is 6.01. The van der Waals surface area contributed by atoms with Gasteiger partial charge in [-0.05, 0) is 69.9 Å². The summed E-state index contributed by atoms with van der Waals surface area (Å²) in [5.41, 5.74) is 6.86. The van der Waals surface area contributed by atoms with Gasteiger partial charge in [0.05, 0.1) is 13.0 Å². The molecule has 4 rings (SSSR count). The first-order valence-corrected chi connectivity index (χ1v) is 12.5. The van der Waals surface area contributed by atoms with Crippen LogP contribution >= 0.6 is 0 Å². The van der Waals surface area contributed by atoms with E-state index in [1.165, 1.54) is 64.6 Å². The molecule has 3 aliphatic rings. The van der Waals surface area contributed by atoms with Crippen LogP contribution < -0.4 is 15.4 Å². The molecule has 0 spiro atoms. The van der Waals surface area contributed by atoms with Crippen molar-refractivity contribution in [2.75, 3.05) is 43.4 Å². The number of nitrogen functional groups attached to an aromatic ring is 1. The molecular formula is C24H39N5O2. The van der Waals surface area contributed by atoms with Gasteiger partial charge in [-0.25, -0.2) is 0 Å². The topological polar surface area (TPSA) is 84.6 Å². The number of hydrogen-bond acceptors (Lipinski definition) is 6. The van der Waals surface area contributed by atoms with Crippen LogP contribution in [0.1, 0.15) is 76.7 Å². The molecule has 1 saturated heterocycles. The summed E-state index contributed by atoms with van der Waals surface area (Å²) in [6, 6.07) is 0.291. The van der Waals surface area contributed by atoms with E-state index in [0.29, 0.717) is 37.2 Å². The summed E-state index contributed by atoms with van der Waals surface area (Å²) in [5.74, 6) is 2.84. The monoisotopic (exact) mass is 429 g/mol. The average molecular weight is 430 g/mol. The Morgan fingerprint density at radius 2 is 1.84 bits per heavy atom. The summed E-state index contributed by atoms with van der Waals surface area (Å²) in [7, 11) is 0. The molecule has 1 amide bonds. The molecule has 2 fully saturated rings. The van der Waals surface area contributed by atoms with Crippen LogP contribution in [0.15, 0.2) is 0 Å². The number of ether oxygens (including phenoxy) is 1. The van der Waals surface area contributed by atoms with Gasteiger partial charge in [-0.2, -0.15) is 9.97 Å². The number of carbonyl (C=O) groups excluding carboxylic acids is 1. The lowest BCUT2D eigenvalue weighted by Gasteiger charge is -2.33. The Balaban J connectivity index is 1.24. The third-order valence-electron chi connectivity index (χ3n) is 7.30. The first-order valence-electron chi connectivity index (χ1n) is 12.5. The lowest BCUT2D eigenvalue weighted by Crippen LogP contribution is -2.37. The van der Waals surface area contributed by atoms with E-state index in [9.17, 15) is 4.79 Å². The first-order chi connectivity index (χ1) is 15.1. The van der Waals surface area contributed by atoms with E-state index >= 15 is 0 Å². The number of fused-ring (bicyclic) bond motifs is 1. The van der Waals surface area contributed by atoms with Gasteiger partial charge >= 0.3 is 6.01 Å². The summed E-state index contributed by atoms with van der Waals surface area (Å²) < 4.78 is 5.65. The van der Waals surface area contributed by atoms with Crippen LogP contribution in [0.25, 0.3) is 0 Å². The molecule has 31 heavy (non-hydrogen) atoms. The molecular weight excluding hydrogens is 390 g/mol. The summed E-state index contributed by atoms with van der Waals surface area (Å²) in [4.78, 5) is 25.9. The number of aromatic nitrogens is 2. The number of rotatable bonds is 10. The summed E-state index contributed by atoms with van der Waals surface area (Å²) in [6.07, 6.45) is 12.8. The SMILES string of the molecule is CCCCOc1nc(N)c2c(n1)N(CCCC1CCN(CC3CCCC3)CC1)C(=O)C2. The second-order valence-electron chi connectivity index (χ2n) is 9.65. The quantitative estimate of drug-likeness (QED) is 0.569. The number of unbranched alkanes of at least 4 members (excludes halogenated alkanes) is 1. The highest BCUT2D eigenvalue weighted by Crippen LogP contribution is 2.33. The van der Waals surface area contributed by atoms with Crippen molar-refractivity contribution in [2.45, 2.75) is 77.6 Å². The van der Waals surface area contributed by atoms with E-state index in [1.807, 2.05) is 0 Å². The van der Waals surface area contributed by atoms with Crippen molar-refractivity contribution < 1.29 is 9.53 Å². The van der Waals surface area contributed by atoms with Gasteiger partial charge < -0.3 is 15.4 Å². The number of carbonyl (C=O) groups is 1. The van der Waals surface area contributed by atoms with E-state index in [-0.39, 0.29) is 5.91 Å². The van der Waals surface area contributed by atoms with Gasteiger partial charge in [0.1, 0.15) is 11.6 Å². The highest BCUT2D eigenvalue weighted by Gasteiger charge is 2.32. The van der Waals surface area contributed by atoms with E-state index in [1.54, 1.807) is 4.90 Å². The molecule has 1 aromatic rings. The first kappa shape index (κ1) is 22.3. The predicted molar refractivity (Wildman–Crippen MR) is 123 cm³/mol. The van der Waals surface area contributed by atoms with Crippen molar-refractivity contribution in [3.05, 3.63) is 5.56 Å². The van der Waals surface area contributed by atoms with Crippen molar-refractivity contribution in [1.29, 1.82) is 0 Å². The molecule has 0 aromatic carbocycles. The smallest absolute Gasteiger partial charge is 0.320 e. The zero-order chi connectivity index (χ0) is 21.6. The molecule has 0 atom stereocenters. The van der Waals surface area contributed by atoms with Gasteiger partial charge in [0, 0.05) is 18.7 Å². The normalized spacial score (nSPS) is 20.5. The number of piperidine rings is 1. The number of likely N-dealkylation sites (tertiary alicyclic amines) is 1. The van der Waals surface area contributed by atoms with Crippen LogP contribution in [0.4, 0.5) is 11.6 Å². The Morgan fingerprint density at radius 3 is 2.58 bits per heavy atom. The summed E-state index contributed by atoms with van der Waals surface area (Å²) in [6.45, 7) is 7.20. The molecule has 7 heteroatoms. The Morgan fingerprint density at radius 1 is 1.06 bits per heavy atom. The van der Waals surface area contributed by atoms with Crippen molar-refractivity contribution in [1.82, 2.24) is 14.9 Å². The van der Waals surface area contributed by atoms with Gasteiger partial charge in [-0.1, -0.05) is 26.2 Å². The second-order valence-corrected chi connectivity index (χ2v) is 9.65. The Kier molecular flexibility index (Phi) is 7.64. The highest BCUT2D eigenvalue weighted by atomic mass is 16.5. The Hall–Kier alpha value is -1.89. The third-order valence-corrected chi connectivity index (χ3v) is 7.30. The van der Waals surface area contributed by atoms with Crippen LogP contribution in [-0.2, 0) is 11.2 Å². The van der Waals surface area contributed by atoms with Gasteiger partial charge in [0.15, 0.2) is 0 Å². The van der Waals surface area contributed by atoms with Crippen LogP contribution in [0.3, 0.4) is 0 Å². The third kappa shape index (κ3) is 5.68. The number of amides is 1. The second kappa shape index (κ2) is 10.6. The average Bonchev–Trinajstić information content (AvgIpc) is 3.38. The fourth-order valence-corrected chi connectivity index (χ4v) is 5.38. The van der Waals surface area contributed by atoms with Crippen molar-refractivity contribution in [2.24, 2.45) is 11.8 Å². The number of nitrogens with zero attached hydrogens (tertiary/aromatic N) is 4. The molecule has 1 saturated carbocycles. The zero-order valence-electron chi connectivity index (χ0n) is 19.2. The van der Waals surface area contributed by atoms with Crippen molar-refractivity contribution in [3.63, 3.8) is 0 Å². The Bertz CT molecular complexity index is 742. The maximum atomic E-state index is 12.6. The molecule has 0 unspecified atom stereocenters. The van der Waals surface area contributed by atoms with Crippen molar-refractivity contribution in [3.8, 4) is 6.01 Å². The number of hydrogen-bond donors (Lipinski definition) is 1. The molecule has 1 aliphatic carbocycles. The molecule has 172 valence electrons. The molecule has 2 N–H and O–H groups in total. The largest absolute Gasteiger partial charge is 0.463 e. The van der Waals surface area contributed by atoms with Gasteiger partial charge in [0.25, 0.3) is 0 Å². The Labute approximate surface area is 186 Å². The van der Waals surface area contributed by atoms with Crippen LogP contribution in [0.2, 0.25) is 0 Å². The fraction of sp³-hybridized carbons (Fsp3) is 0.792. The molecule has 0 radical (unpaired) electrons. The minimum atomic E-state index is 0.0769. The van der Waals surface area contributed by atoms with Gasteiger partial charge in [0.2, 0.25) is 5.91 Å². The van der Waals surface area contributed by atoms with Crippen LogP contribution in [0, 0.1) is 11.8 Å². The minimum absolute atomic E-state index is 0.0769. The molecule has 7 nitrogen and oxygen atoms in total. The maximum absolute atomic E-state index is 12.6. The molecule has 2 aliphatic heterocycles. The molecule has 0 bridgehead atoms. The zero-order valence-corrected chi connectivity index (χ0v) is 19.2. The van der Waals surface area contributed by atoms with E-state index < -0.39 is 0 Å². The lowest BCUT2D eigenvalue weighted by molar-refractivity contribution is -0.117. The van der Waals surface area contributed by atoms with E-state index in [0.717, 1.165) is 36.7 Å². The van der Waals surface area contributed by atoms with Crippen molar-refractivity contribution >= 4 is 17.5 Å².